The average molecular weight is 1450 g/mol. The third-order valence-electron chi connectivity index (χ3n) is 24.3. The Morgan fingerprint density at radius 1 is 0.453 bits per heavy atom. The summed E-state index contributed by atoms with van der Waals surface area (Å²) in [7, 11) is 0. The fraction of sp³-hybridized carbons (Fsp3) is 0.482. The second-order valence-corrected chi connectivity index (χ2v) is 30.6. The SMILES string of the molecule is C[C@@H]1CC[C@@]2(OC1)O[C@H]1C[C@H]3[C@@H]4CC=C5C[C@@H](O[C@@H]6OC[C@H](O[C@@H]7OC[C@H](OC(=O)c8ccccc8)[C@H](OC(=O)c8ccccc8)[C@H]7OC(=O)c7ccccc7)[C@H](O)[C@H]6O[C@@H]6O[C@@H](C)[C@H](OC(=O)c7ccccc7)[C@@H](OC(=O)c7ccccc7)[C@H]6OC(=O)c6ccccc6)CC[C@]5(C)[C@H]4CC[C@]3(C)[C@H]1[C@@H]2C. The van der Waals surface area contributed by atoms with Gasteiger partial charge in [-0.05, 0) is 172 Å². The van der Waals surface area contributed by atoms with Crippen LogP contribution >= 0.6 is 0 Å². The first-order valence-corrected chi connectivity index (χ1v) is 37.5. The second kappa shape index (κ2) is 31.0. The third kappa shape index (κ3) is 14.6. The molecule has 6 aromatic carbocycles. The molecular formula is C85H92O21. The van der Waals surface area contributed by atoms with Gasteiger partial charge in [-0.2, -0.15) is 0 Å². The number of aliphatic hydroxyl groups is 1. The van der Waals surface area contributed by atoms with Crippen molar-refractivity contribution in [2.45, 2.75) is 190 Å². The molecule has 0 aromatic heterocycles. The maximum atomic E-state index is 14.7. The Balaban J connectivity index is 0.757. The van der Waals surface area contributed by atoms with Crippen LogP contribution < -0.4 is 0 Å². The van der Waals surface area contributed by atoms with Crippen molar-refractivity contribution < 1.29 is 100 Å². The predicted molar refractivity (Wildman–Crippen MR) is 380 cm³/mol. The van der Waals surface area contributed by atoms with Crippen LogP contribution in [-0.2, 0) is 66.3 Å². The Kier molecular flexibility index (Phi) is 21.4. The van der Waals surface area contributed by atoms with Gasteiger partial charge in [-0.3, -0.25) is 0 Å². The monoisotopic (exact) mass is 1450 g/mol. The molecule has 1 spiro atoms. The van der Waals surface area contributed by atoms with Crippen molar-refractivity contribution in [3.8, 4) is 0 Å². The number of benzene rings is 6. The summed E-state index contributed by atoms with van der Waals surface area (Å²) in [6.45, 7) is 11.0. The molecule has 15 rings (SSSR count). The molecule has 9 aliphatic rings. The summed E-state index contributed by atoms with van der Waals surface area (Å²) in [6.07, 6.45) is -10.4. The molecule has 5 heterocycles. The molecule has 0 bridgehead atoms. The first-order valence-electron chi connectivity index (χ1n) is 37.5. The van der Waals surface area contributed by atoms with Crippen LogP contribution in [0.25, 0.3) is 0 Å². The molecule has 8 fully saturated rings. The summed E-state index contributed by atoms with van der Waals surface area (Å²) in [5, 5.41) is 13.4. The van der Waals surface area contributed by atoms with Gasteiger partial charge in [-0.15, -0.1) is 0 Å². The number of allylic oxidation sites excluding steroid dienone is 1. The van der Waals surface area contributed by atoms with Crippen LogP contribution in [0.4, 0.5) is 0 Å². The molecule has 0 unspecified atom stereocenters. The van der Waals surface area contributed by atoms with Crippen molar-refractivity contribution in [1.29, 1.82) is 0 Å². The van der Waals surface area contributed by atoms with Gasteiger partial charge < -0.3 is 71.4 Å². The molecule has 5 aliphatic heterocycles. The molecule has 0 amide bonds. The first-order chi connectivity index (χ1) is 51.3. The van der Waals surface area contributed by atoms with Crippen molar-refractivity contribution in [1.82, 2.24) is 0 Å². The summed E-state index contributed by atoms with van der Waals surface area (Å²) < 4.78 is 92.6. The van der Waals surface area contributed by atoms with Crippen LogP contribution in [-0.4, -0.2) is 159 Å². The molecule has 21 heteroatoms. The standard InChI is InChI=1S/C85H92O21/c1-49-38-43-85(95-46-49)50(2)66-63(106-85)45-62-60-37-36-58-44-59(39-41-83(58,4)61(60)40-42-84(62,66)5)97-80-70(105-82-73(104-79(92)57-34-22-11-23-35-57)71(102-77(90)55-30-18-9-19-31-55)68(51(3)96-82)100-75(88)53-26-14-7-15-27-53)67(86)64(47-93-80)99-81-72(103-78(91)56-32-20-10-21-33-56)69(101-76(89)54-28-16-8-17-29-54)65(48-94-81)98-74(87)52-24-12-6-13-25-52/h6-36,49-51,59-73,80-82,86H,37-48H2,1-5H3/t49-,50+,51+,59+,60-,61+,62+,63+,64+,65+,66+,67+,68+,69+,70-,71-,72-,73-,80+,81+,82+,83+,84+,85-/m1/s1. The maximum Gasteiger partial charge on any atom is 0.338 e. The highest BCUT2D eigenvalue weighted by Gasteiger charge is 2.69. The summed E-state index contributed by atoms with van der Waals surface area (Å²) in [6, 6.07) is 48.7. The van der Waals surface area contributed by atoms with Gasteiger partial charge in [0, 0.05) is 12.3 Å². The van der Waals surface area contributed by atoms with Gasteiger partial charge in [0.25, 0.3) is 0 Å². The van der Waals surface area contributed by atoms with Crippen LogP contribution in [0.15, 0.2) is 194 Å². The van der Waals surface area contributed by atoms with E-state index in [-0.39, 0.29) is 50.3 Å². The van der Waals surface area contributed by atoms with Gasteiger partial charge in [0.05, 0.1) is 71.5 Å². The lowest BCUT2D eigenvalue weighted by molar-refractivity contribution is -0.370. The van der Waals surface area contributed by atoms with E-state index in [1.807, 2.05) is 0 Å². The lowest BCUT2D eigenvalue weighted by atomic mass is 9.47. The van der Waals surface area contributed by atoms with Crippen LogP contribution in [0.2, 0.25) is 0 Å². The van der Waals surface area contributed by atoms with E-state index in [0.717, 1.165) is 51.6 Å². The molecule has 4 aliphatic carbocycles. The van der Waals surface area contributed by atoms with Gasteiger partial charge in [-0.1, -0.05) is 149 Å². The Morgan fingerprint density at radius 2 is 0.915 bits per heavy atom. The van der Waals surface area contributed by atoms with Gasteiger partial charge in [-0.25, -0.2) is 28.8 Å². The summed E-state index contributed by atoms with van der Waals surface area (Å²) in [4.78, 5) is 86.1. The quantitative estimate of drug-likeness (QED) is 0.0477. The summed E-state index contributed by atoms with van der Waals surface area (Å²) >= 11 is 0. The Morgan fingerprint density at radius 3 is 1.42 bits per heavy atom. The number of ether oxygens (including phenoxy) is 14. The average Bonchev–Trinajstić information content (AvgIpc) is 1.52. The van der Waals surface area contributed by atoms with E-state index in [1.165, 1.54) is 42.0 Å². The second-order valence-electron chi connectivity index (χ2n) is 30.6. The number of hydrogen-bond acceptors (Lipinski definition) is 21. The molecule has 3 saturated carbocycles. The molecule has 21 nitrogen and oxygen atoms in total. The molecule has 558 valence electrons. The largest absolute Gasteiger partial charge is 0.452 e. The van der Waals surface area contributed by atoms with Gasteiger partial charge in [0.15, 0.2) is 61.3 Å². The van der Waals surface area contributed by atoms with E-state index < -0.39 is 141 Å². The number of aliphatic hydroxyl groups excluding tert-OH is 1. The number of carbonyl (C=O) groups is 6. The molecule has 24 atom stereocenters. The minimum Gasteiger partial charge on any atom is -0.452 e. The fourth-order valence-corrected chi connectivity index (χ4v) is 18.8. The van der Waals surface area contributed by atoms with Crippen molar-refractivity contribution in [3.63, 3.8) is 0 Å². The Bertz CT molecular complexity index is 4100. The fourth-order valence-electron chi connectivity index (χ4n) is 18.8. The van der Waals surface area contributed by atoms with Crippen molar-refractivity contribution in [3.05, 3.63) is 227 Å². The van der Waals surface area contributed by atoms with E-state index in [9.17, 15) is 33.9 Å². The molecule has 0 radical (unpaired) electrons. The van der Waals surface area contributed by atoms with Crippen LogP contribution in [0.1, 0.15) is 155 Å². The van der Waals surface area contributed by atoms with Crippen LogP contribution in [0, 0.1) is 46.3 Å². The number of rotatable bonds is 18. The van der Waals surface area contributed by atoms with E-state index in [4.69, 9.17) is 66.3 Å². The number of fused-ring (bicyclic) bond motifs is 7. The zero-order chi connectivity index (χ0) is 73.4. The highest BCUT2D eigenvalue weighted by molar-refractivity contribution is 5.93. The number of esters is 6. The van der Waals surface area contributed by atoms with E-state index in [1.54, 1.807) is 153 Å². The van der Waals surface area contributed by atoms with Crippen molar-refractivity contribution in [2.24, 2.45) is 46.3 Å². The van der Waals surface area contributed by atoms with E-state index in [2.05, 4.69) is 33.8 Å². The zero-order valence-corrected chi connectivity index (χ0v) is 60.1. The molecule has 1 N–H and O–H groups in total. The van der Waals surface area contributed by atoms with E-state index >= 15 is 0 Å². The van der Waals surface area contributed by atoms with Gasteiger partial charge in [0.2, 0.25) is 0 Å². The van der Waals surface area contributed by atoms with Crippen molar-refractivity contribution in [2.75, 3.05) is 19.8 Å². The van der Waals surface area contributed by atoms with E-state index in [0.29, 0.717) is 48.3 Å². The smallest absolute Gasteiger partial charge is 0.338 e. The lowest BCUT2D eigenvalue weighted by Gasteiger charge is -2.58. The highest BCUT2D eigenvalue weighted by Crippen LogP contribution is 2.71. The number of carbonyl (C=O) groups excluding carboxylic acids is 6. The maximum absolute atomic E-state index is 14.7. The van der Waals surface area contributed by atoms with Crippen LogP contribution in [0.5, 0.6) is 0 Å². The van der Waals surface area contributed by atoms with Gasteiger partial charge in [0.1, 0.15) is 18.3 Å². The number of hydrogen-bond donors (Lipinski definition) is 1. The topological polar surface area (TPSA) is 252 Å². The normalized spacial score (nSPS) is 36.5. The highest BCUT2D eigenvalue weighted by atomic mass is 16.8. The Hall–Kier alpha value is -8.48. The van der Waals surface area contributed by atoms with Gasteiger partial charge >= 0.3 is 35.8 Å². The Labute approximate surface area is 616 Å². The first kappa shape index (κ1) is 73.1. The minimum atomic E-state index is -1.81. The minimum absolute atomic E-state index is 0.100. The van der Waals surface area contributed by atoms with Crippen LogP contribution in [0.3, 0.4) is 0 Å². The third-order valence-corrected chi connectivity index (χ3v) is 24.3. The molecule has 6 aromatic rings. The molecule has 5 saturated heterocycles. The lowest BCUT2D eigenvalue weighted by Crippen LogP contribution is -2.65. The van der Waals surface area contributed by atoms with Crippen molar-refractivity contribution >= 4 is 35.8 Å². The predicted octanol–water partition coefficient (Wildman–Crippen LogP) is 12.7. The molecule has 106 heavy (non-hydrogen) atoms. The summed E-state index contributed by atoms with van der Waals surface area (Å²) in [5.74, 6) is -2.98. The summed E-state index contributed by atoms with van der Waals surface area (Å²) in [5.41, 5.74) is 2.07. The molecular weight excluding hydrogens is 1360 g/mol. The zero-order valence-electron chi connectivity index (χ0n) is 60.1.